The molecule has 2 N–H and O–H groups in total. The molecule has 0 aromatic carbocycles. The fourth-order valence-electron chi connectivity index (χ4n) is 1.21. The summed E-state index contributed by atoms with van der Waals surface area (Å²) >= 11 is 0. The van der Waals surface area contributed by atoms with E-state index in [0.29, 0.717) is 12.5 Å². The van der Waals surface area contributed by atoms with Gasteiger partial charge in [0.1, 0.15) is 5.82 Å². The number of halogens is 2. The van der Waals surface area contributed by atoms with E-state index in [9.17, 15) is 8.78 Å². The predicted octanol–water partition coefficient (Wildman–Crippen LogP) is 1.13. The second-order valence-corrected chi connectivity index (χ2v) is 3.12. The average Bonchev–Trinajstić information content (AvgIpc) is 2.78. The van der Waals surface area contributed by atoms with Crippen molar-refractivity contribution >= 4 is 5.96 Å². The third kappa shape index (κ3) is 3.86. The van der Waals surface area contributed by atoms with Crippen molar-refractivity contribution in [2.24, 2.45) is 4.99 Å². The summed E-state index contributed by atoms with van der Waals surface area (Å²) in [5.41, 5.74) is 0. The Morgan fingerprint density at radius 3 is 3.00 bits per heavy atom. The second kappa shape index (κ2) is 6.62. The van der Waals surface area contributed by atoms with Gasteiger partial charge in [-0.05, 0) is 0 Å². The Bertz CT molecular complexity index is 386. The Kier molecular flexibility index (Phi) is 5.12. The fourth-order valence-corrected chi connectivity index (χ4v) is 1.21. The lowest BCUT2D eigenvalue weighted by Crippen LogP contribution is -2.37. The molecule has 1 aromatic heterocycles. The first kappa shape index (κ1) is 13.1. The molecule has 1 heterocycles. The molecule has 0 fully saturated rings. The van der Waals surface area contributed by atoms with Gasteiger partial charge in [0.05, 0.1) is 6.54 Å². The van der Waals surface area contributed by atoms with E-state index in [1.54, 1.807) is 13.1 Å². The molecule has 0 atom stereocenters. The zero-order valence-corrected chi connectivity index (χ0v) is 9.53. The van der Waals surface area contributed by atoms with Crippen molar-refractivity contribution in [3.05, 3.63) is 30.9 Å². The normalized spacial score (nSPS) is 11.6. The van der Waals surface area contributed by atoms with Crippen LogP contribution in [0, 0.1) is 0 Å². The molecule has 7 heteroatoms. The van der Waals surface area contributed by atoms with Gasteiger partial charge in [0.25, 0.3) is 0 Å². The molecule has 0 aliphatic carbocycles. The van der Waals surface area contributed by atoms with Gasteiger partial charge in [-0.15, -0.1) is 6.58 Å². The third-order valence-electron chi connectivity index (χ3n) is 2.01. The minimum Gasteiger partial charge on any atom is -0.353 e. The maximum Gasteiger partial charge on any atom is 0.319 e. The number of aromatic nitrogens is 2. The Balaban J connectivity index is 2.54. The van der Waals surface area contributed by atoms with Crippen molar-refractivity contribution in [2.45, 2.75) is 13.1 Å². The highest BCUT2D eigenvalue weighted by atomic mass is 19.3. The van der Waals surface area contributed by atoms with E-state index in [4.69, 9.17) is 0 Å². The number of hydrogen-bond donors (Lipinski definition) is 2. The summed E-state index contributed by atoms with van der Waals surface area (Å²) in [5, 5.41) is 5.80. The number of aliphatic imine (C=N–C) groups is 1. The molecule has 0 saturated heterocycles. The molecule has 0 aliphatic rings. The number of rotatable bonds is 5. The van der Waals surface area contributed by atoms with Crippen LogP contribution in [-0.2, 0) is 6.54 Å². The number of guanidine groups is 1. The van der Waals surface area contributed by atoms with Crippen molar-refractivity contribution in [1.29, 1.82) is 0 Å². The largest absolute Gasteiger partial charge is 0.353 e. The minimum atomic E-state index is -2.59. The van der Waals surface area contributed by atoms with Gasteiger partial charge >= 0.3 is 6.55 Å². The first-order valence-corrected chi connectivity index (χ1v) is 5.04. The summed E-state index contributed by atoms with van der Waals surface area (Å²) < 4.78 is 25.8. The molecule has 0 spiro atoms. The van der Waals surface area contributed by atoms with Crippen LogP contribution in [0.2, 0.25) is 0 Å². The van der Waals surface area contributed by atoms with E-state index in [2.05, 4.69) is 27.2 Å². The summed E-state index contributed by atoms with van der Waals surface area (Å²) in [5.74, 6) is 0.760. The maximum absolute atomic E-state index is 12.5. The van der Waals surface area contributed by atoms with Gasteiger partial charge in [-0.3, -0.25) is 9.56 Å². The highest BCUT2D eigenvalue weighted by molar-refractivity contribution is 5.79. The quantitative estimate of drug-likeness (QED) is 0.463. The third-order valence-corrected chi connectivity index (χ3v) is 2.01. The van der Waals surface area contributed by atoms with E-state index in [1.807, 2.05) is 0 Å². The molecular weight excluding hydrogens is 228 g/mol. The van der Waals surface area contributed by atoms with Crippen LogP contribution in [0.4, 0.5) is 8.78 Å². The van der Waals surface area contributed by atoms with Crippen molar-refractivity contribution in [2.75, 3.05) is 13.6 Å². The Labute approximate surface area is 98.3 Å². The molecule has 5 nitrogen and oxygen atoms in total. The smallest absolute Gasteiger partial charge is 0.319 e. The minimum absolute atomic E-state index is 0.175. The van der Waals surface area contributed by atoms with Crippen LogP contribution in [0.1, 0.15) is 12.4 Å². The Morgan fingerprint density at radius 2 is 2.41 bits per heavy atom. The molecule has 0 saturated carbocycles. The van der Waals surface area contributed by atoms with Crippen LogP contribution < -0.4 is 10.6 Å². The van der Waals surface area contributed by atoms with Crippen molar-refractivity contribution in [3.63, 3.8) is 0 Å². The second-order valence-electron chi connectivity index (χ2n) is 3.12. The lowest BCUT2D eigenvalue weighted by Gasteiger charge is -2.11. The number of imidazole rings is 1. The summed E-state index contributed by atoms with van der Waals surface area (Å²) in [7, 11) is 1.60. The standard InChI is InChI=1S/C10H15F2N5/c1-3-4-15-10(13-2)16-7-8-14-5-6-17(8)9(11)12/h3,5-6,9H,1,4,7H2,2H3,(H2,13,15,16). The Morgan fingerprint density at radius 1 is 1.65 bits per heavy atom. The lowest BCUT2D eigenvalue weighted by atomic mass is 10.5. The van der Waals surface area contributed by atoms with Gasteiger partial charge in [-0.1, -0.05) is 6.08 Å². The molecule has 0 bridgehead atoms. The molecular formula is C10H15F2N5. The summed E-state index contributed by atoms with van der Waals surface area (Å²) in [6.45, 7) is 1.69. The SMILES string of the molecule is C=CCNC(=NC)NCc1nccn1C(F)F. The number of nitrogens with zero attached hydrogens (tertiary/aromatic N) is 3. The van der Waals surface area contributed by atoms with E-state index in [-0.39, 0.29) is 12.4 Å². The van der Waals surface area contributed by atoms with Crippen molar-refractivity contribution in [1.82, 2.24) is 20.2 Å². The van der Waals surface area contributed by atoms with Crippen LogP contribution >= 0.6 is 0 Å². The van der Waals surface area contributed by atoms with Gasteiger partial charge in [0.2, 0.25) is 0 Å². The zero-order valence-electron chi connectivity index (χ0n) is 9.53. The molecule has 17 heavy (non-hydrogen) atoms. The first-order valence-electron chi connectivity index (χ1n) is 5.04. The van der Waals surface area contributed by atoms with Crippen LogP contribution in [0.15, 0.2) is 30.0 Å². The van der Waals surface area contributed by atoms with Crippen LogP contribution in [0.3, 0.4) is 0 Å². The number of hydrogen-bond acceptors (Lipinski definition) is 2. The maximum atomic E-state index is 12.5. The molecule has 1 rings (SSSR count). The fraction of sp³-hybridized carbons (Fsp3) is 0.400. The molecule has 94 valence electrons. The highest BCUT2D eigenvalue weighted by Gasteiger charge is 2.11. The van der Waals surface area contributed by atoms with Crippen LogP contribution in [0.25, 0.3) is 0 Å². The van der Waals surface area contributed by atoms with Gasteiger partial charge in [-0.25, -0.2) is 4.98 Å². The van der Waals surface area contributed by atoms with E-state index in [1.165, 1.54) is 12.4 Å². The molecule has 0 amide bonds. The van der Waals surface area contributed by atoms with Gasteiger partial charge in [0, 0.05) is 26.0 Å². The summed E-state index contributed by atoms with van der Waals surface area (Å²) in [4.78, 5) is 7.76. The molecule has 0 unspecified atom stereocenters. The monoisotopic (exact) mass is 243 g/mol. The number of nitrogens with one attached hydrogen (secondary N) is 2. The number of alkyl halides is 2. The van der Waals surface area contributed by atoms with Gasteiger partial charge < -0.3 is 10.6 Å². The molecule has 1 aromatic rings. The summed E-state index contributed by atoms with van der Waals surface area (Å²) in [6, 6.07) is 0. The predicted molar refractivity (Wildman–Crippen MR) is 61.9 cm³/mol. The van der Waals surface area contributed by atoms with Gasteiger partial charge in [-0.2, -0.15) is 8.78 Å². The topological polar surface area (TPSA) is 54.2 Å². The average molecular weight is 243 g/mol. The summed E-state index contributed by atoms with van der Waals surface area (Å²) in [6.07, 6.45) is 4.25. The molecule has 0 radical (unpaired) electrons. The van der Waals surface area contributed by atoms with Crippen molar-refractivity contribution < 1.29 is 8.78 Å². The highest BCUT2D eigenvalue weighted by Crippen LogP contribution is 2.11. The zero-order chi connectivity index (χ0) is 12.7. The lowest BCUT2D eigenvalue weighted by molar-refractivity contribution is 0.0668. The van der Waals surface area contributed by atoms with Crippen LogP contribution in [0.5, 0.6) is 0 Å². The van der Waals surface area contributed by atoms with Crippen LogP contribution in [-0.4, -0.2) is 29.1 Å². The molecule has 0 aliphatic heterocycles. The first-order chi connectivity index (χ1) is 8.19. The van der Waals surface area contributed by atoms with E-state index in [0.717, 1.165) is 4.57 Å². The van der Waals surface area contributed by atoms with E-state index < -0.39 is 6.55 Å². The van der Waals surface area contributed by atoms with Crippen molar-refractivity contribution in [3.8, 4) is 0 Å². The van der Waals surface area contributed by atoms with E-state index >= 15 is 0 Å². The van der Waals surface area contributed by atoms with Gasteiger partial charge in [0.15, 0.2) is 5.96 Å². The Hall–Kier alpha value is -1.92.